The van der Waals surface area contributed by atoms with Gasteiger partial charge in [0, 0.05) is 0 Å². The number of carboxylic acids is 1. The molecule has 0 saturated heterocycles. The average Bonchev–Trinajstić information content (AvgIpc) is 2.18. The molecule has 1 aliphatic carbocycles. The average molecular weight is 262 g/mol. The Kier molecular flexibility index (Phi) is 3.12. The van der Waals surface area contributed by atoms with Gasteiger partial charge in [0.2, 0.25) is 0 Å². The Bertz CT molecular complexity index is 520. The number of phenols is 1. The van der Waals surface area contributed by atoms with E-state index in [4.69, 9.17) is 0 Å². The second-order valence-electron chi connectivity index (χ2n) is 6.68. The molecular weight excluding hydrogens is 240 g/mol. The SMILES string of the molecule is Cc1cc(C(C)(C)C)c(O)cc1C1(C(=O)O)CCC1. The fourth-order valence-electron chi connectivity index (χ4n) is 2.94. The smallest absolute Gasteiger partial charge is 0.314 e. The number of hydrogen-bond acceptors (Lipinski definition) is 2. The van der Waals surface area contributed by atoms with E-state index in [1.165, 1.54) is 0 Å². The van der Waals surface area contributed by atoms with Crippen LogP contribution in [0.15, 0.2) is 12.1 Å². The number of aromatic hydroxyl groups is 1. The molecule has 0 atom stereocenters. The summed E-state index contributed by atoms with van der Waals surface area (Å²) in [6.07, 6.45) is 2.27. The summed E-state index contributed by atoms with van der Waals surface area (Å²) in [7, 11) is 0. The maximum atomic E-state index is 11.6. The third kappa shape index (κ3) is 2.11. The molecule has 0 aromatic heterocycles. The van der Waals surface area contributed by atoms with Crippen molar-refractivity contribution >= 4 is 5.97 Å². The predicted octanol–water partition coefficient (Wildman–Crippen LogP) is 3.50. The standard InChI is InChI=1S/C16H22O3/c1-10-8-12(15(2,3)4)13(17)9-11(10)16(14(18)19)6-5-7-16/h8-9,17H,5-7H2,1-4H3,(H,18,19). The number of aryl methyl sites for hydroxylation is 1. The van der Waals surface area contributed by atoms with Gasteiger partial charge in [-0.2, -0.15) is 0 Å². The largest absolute Gasteiger partial charge is 0.508 e. The van der Waals surface area contributed by atoms with E-state index in [0.717, 1.165) is 23.1 Å². The minimum absolute atomic E-state index is 0.149. The molecule has 0 spiro atoms. The lowest BCUT2D eigenvalue weighted by molar-refractivity contribution is -0.147. The van der Waals surface area contributed by atoms with Crippen molar-refractivity contribution in [3.8, 4) is 5.75 Å². The third-order valence-corrected chi connectivity index (χ3v) is 4.28. The van der Waals surface area contributed by atoms with Crippen LogP contribution in [-0.2, 0) is 15.6 Å². The highest BCUT2D eigenvalue weighted by atomic mass is 16.4. The van der Waals surface area contributed by atoms with Crippen LogP contribution in [0.3, 0.4) is 0 Å². The van der Waals surface area contributed by atoms with E-state index < -0.39 is 11.4 Å². The molecule has 2 N–H and O–H groups in total. The summed E-state index contributed by atoms with van der Waals surface area (Å²) in [5, 5.41) is 19.7. The molecule has 3 heteroatoms. The van der Waals surface area contributed by atoms with Crippen molar-refractivity contribution in [2.24, 2.45) is 0 Å². The molecule has 0 amide bonds. The normalized spacial score (nSPS) is 17.9. The highest BCUT2D eigenvalue weighted by Gasteiger charge is 2.47. The first kappa shape index (κ1) is 13.9. The van der Waals surface area contributed by atoms with Crippen LogP contribution >= 0.6 is 0 Å². The van der Waals surface area contributed by atoms with Crippen molar-refractivity contribution in [1.82, 2.24) is 0 Å². The highest BCUT2D eigenvalue weighted by molar-refractivity contribution is 5.83. The van der Waals surface area contributed by atoms with Crippen molar-refractivity contribution in [3.63, 3.8) is 0 Å². The zero-order valence-corrected chi connectivity index (χ0v) is 12.1. The number of carboxylic acid groups (broad SMARTS) is 1. The van der Waals surface area contributed by atoms with Crippen LogP contribution in [0.4, 0.5) is 0 Å². The van der Waals surface area contributed by atoms with E-state index in [2.05, 4.69) is 0 Å². The number of benzene rings is 1. The lowest BCUT2D eigenvalue weighted by Crippen LogP contribution is -2.43. The predicted molar refractivity (Wildman–Crippen MR) is 74.7 cm³/mol. The van der Waals surface area contributed by atoms with E-state index in [0.29, 0.717) is 12.8 Å². The number of carbonyl (C=O) groups is 1. The zero-order valence-electron chi connectivity index (χ0n) is 12.1. The van der Waals surface area contributed by atoms with E-state index >= 15 is 0 Å². The van der Waals surface area contributed by atoms with Crippen molar-refractivity contribution in [2.75, 3.05) is 0 Å². The minimum Gasteiger partial charge on any atom is -0.508 e. The maximum absolute atomic E-state index is 11.6. The molecule has 1 aliphatic rings. The Hall–Kier alpha value is -1.51. The van der Waals surface area contributed by atoms with Gasteiger partial charge in [-0.15, -0.1) is 0 Å². The number of aliphatic carboxylic acids is 1. The van der Waals surface area contributed by atoms with Gasteiger partial charge in [-0.3, -0.25) is 4.79 Å². The Morgan fingerprint density at radius 1 is 1.26 bits per heavy atom. The second kappa shape index (κ2) is 4.26. The van der Waals surface area contributed by atoms with Gasteiger partial charge in [0.1, 0.15) is 5.75 Å². The van der Waals surface area contributed by atoms with Crippen molar-refractivity contribution in [1.29, 1.82) is 0 Å². The van der Waals surface area contributed by atoms with Gasteiger partial charge in [0.15, 0.2) is 0 Å². The van der Waals surface area contributed by atoms with E-state index in [-0.39, 0.29) is 11.2 Å². The van der Waals surface area contributed by atoms with Crippen LogP contribution in [-0.4, -0.2) is 16.2 Å². The molecule has 0 bridgehead atoms. The molecule has 2 rings (SSSR count). The molecule has 3 nitrogen and oxygen atoms in total. The molecule has 1 saturated carbocycles. The summed E-state index contributed by atoms with van der Waals surface area (Å²) in [5.41, 5.74) is 1.68. The number of hydrogen-bond donors (Lipinski definition) is 2. The summed E-state index contributed by atoms with van der Waals surface area (Å²) < 4.78 is 0. The summed E-state index contributed by atoms with van der Waals surface area (Å²) >= 11 is 0. The Morgan fingerprint density at radius 2 is 1.84 bits per heavy atom. The van der Waals surface area contributed by atoms with Gasteiger partial charge in [0.25, 0.3) is 0 Å². The van der Waals surface area contributed by atoms with Gasteiger partial charge in [-0.25, -0.2) is 0 Å². The first-order valence-corrected chi connectivity index (χ1v) is 6.76. The zero-order chi connectivity index (χ0) is 14.4. The molecular formula is C16H22O3. The topological polar surface area (TPSA) is 57.5 Å². The van der Waals surface area contributed by atoms with E-state index in [1.54, 1.807) is 6.07 Å². The fraction of sp³-hybridized carbons (Fsp3) is 0.562. The van der Waals surface area contributed by atoms with Crippen LogP contribution in [0.2, 0.25) is 0 Å². The van der Waals surface area contributed by atoms with E-state index in [1.807, 2.05) is 33.8 Å². The van der Waals surface area contributed by atoms with Crippen LogP contribution in [0.25, 0.3) is 0 Å². The lowest BCUT2D eigenvalue weighted by atomic mass is 9.63. The summed E-state index contributed by atoms with van der Waals surface area (Å²) in [6, 6.07) is 3.61. The van der Waals surface area contributed by atoms with Gasteiger partial charge >= 0.3 is 5.97 Å². The number of phenolic OH excluding ortho intramolecular Hbond substituents is 1. The van der Waals surface area contributed by atoms with Crippen LogP contribution in [0.5, 0.6) is 5.75 Å². The fourth-order valence-corrected chi connectivity index (χ4v) is 2.94. The summed E-state index contributed by atoms with van der Waals surface area (Å²) in [4.78, 5) is 11.6. The van der Waals surface area contributed by atoms with Gasteiger partial charge in [-0.05, 0) is 47.9 Å². The third-order valence-electron chi connectivity index (χ3n) is 4.28. The monoisotopic (exact) mass is 262 g/mol. The Morgan fingerprint density at radius 3 is 2.21 bits per heavy atom. The van der Waals surface area contributed by atoms with Crippen molar-refractivity contribution in [2.45, 2.75) is 57.8 Å². The van der Waals surface area contributed by atoms with Crippen LogP contribution in [0.1, 0.15) is 56.7 Å². The molecule has 0 heterocycles. The summed E-state index contributed by atoms with van der Waals surface area (Å²) in [6.45, 7) is 8.06. The van der Waals surface area contributed by atoms with Crippen molar-refractivity contribution in [3.05, 3.63) is 28.8 Å². The molecule has 19 heavy (non-hydrogen) atoms. The van der Waals surface area contributed by atoms with Crippen LogP contribution < -0.4 is 0 Å². The molecule has 1 fully saturated rings. The lowest BCUT2D eigenvalue weighted by Gasteiger charge is -2.39. The molecule has 104 valence electrons. The van der Waals surface area contributed by atoms with Crippen LogP contribution in [0, 0.1) is 6.92 Å². The molecule has 1 aromatic rings. The molecule has 0 unspecified atom stereocenters. The molecule has 1 aromatic carbocycles. The van der Waals surface area contributed by atoms with Crippen molar-refractivity contribution < 1.29 is 15.0 Å². The molecule has 0 radical (unpaired) electrons. The number of rotatable bonds is 2. The minimum atomic E-state index is -0.780. The summed E-state index contributed by atoms with van der Waals surface area (Å²) in [5.74, 6) is -0.564. The second-order valence-corrected chi connectivity index (χ2v) is 6.68. The Balaban J connectivity index is 2.56. The first-order chi connectivity index (χ1) is 8.68. The highest BCUT2D eigenvalue weighted by Crippen LogP contribution is 2.47. The van der Waals surface area contributed by atoms with Gasteiger partial charge < -0.3 is 10.2 Å². The first-order valence-electron chi connectivity index (χ1n) is 6.76. The Labute approximate surface area is 114 Å². The van der Waals surface area contributed by atoms with E-state index in [9.17, 15) is 15.0 Å². The molecule has 0 aliphatic heterocycles. The van der Waals surface area contributed by atoms with Gasteiger partial charge in [0.05, 0.1) is 5.41 Å². The quantitative estimate of drug-likeness (QED) is 0.857. The van der Waals surface area contributed by atoms with Gasteiger partial charge in [-0.1, -0.05) is 33.3 Å². The maximum Gasteiger partial charge on any atom is 0.314 e.